The molecule has 1 atom stereocenters. The largest absolute Gasteiger partial charge is 0.476 e. The molecule has 5 heteroatoms. The Balaban J connectivity index is 2.27. The summed E-state index contributed by atoms with van der Waals surface area (Å²) in [6, 6.07) is 9.24. The van der Waals surface area contributed by atoms with Gasteiger partial charge in [-0.15, -0.1) is 0 Å². The van der Waals surface area contributed by atoms with E-state index in [2.05, 4.69) is 10.3 Å². The Hall–Kier alpha value is -2.43. The Labute approximate surface area is 109 Å². The Bertz CT molecular complexity index is 602. The molecular formula is C14H13FN2O2. The second-order valence-electron chi connectivity index (χ2n) is 4.09. The minimum absolute atomic E-state index is 0.0781. The summed E-state index contributed by atoms with van der Waals surface area (Å²) in [4.78, 5) is 14.8. The number of rotatable bonds is 4. The van der Waals surface area contributed by atoms with E-state index in [1.54, 1.807) is 37.3 Å². The summed E-state index contributed by atoms with van der Waals surface area (Å²) in [6.45, 7) is 1.76. The lowest BCUT2D eigenvalue weighted by Gasteiger charge is -2.17. The molecule has 2 N–H and O–H groups in total. The number of hydrogen-bond acceptors (Lipinski definition) is 3. The molecule has 0 saturated heterocycles. The molecule has 1 unspecified atom stereocenters. The Kier molecular flexibility index (Phi) is 3.75. The van der Waals surface area contributed by atoms with Crippen LogP contribution in [0.2, 0.25) is 0 Å². The van der Waals surface area contributed by atoms with Gasteiger partial charge in [0.1, 0.15) is 5.82 Å². The van der Waals surface area contributed by atoms with Crippen molar-refractivity contribution >= 4 is 11.7 Å². The number of nitrogens with one attached hydrogen (secondary N) is 1. The summed E-state index contributed by atoms with van der Waals surface area (Å²) in [7, 11) is 0. The van der Waals surface area contributed by atoms with Crippen molar-refractivity contribution in [3.63, 3.8) is 0 Å². The highest BCUT2D eigenvalue weighted by Gasteiger charge is 2.15. The summed E-state index contributed by atoms with van der Waals surface area (Å²) < 4.78 is 13.6. The average molecular weight is 260 g/mol. The predicted molar refractivity (Wildman–Crippen MR) is 69.6 cm³/mol. The van der Waals surface area contributed by atoms with Crippen LogP contribution in [0.25, 0.3) is 0 Å². The number of pyridine rings is 1. The van der Waals surface area contributed by atoms with Crippen molar-refractivity contribution in [3.05, 3.63) is 59.7 Å². The normalized spacial score (nSPS) is 11.9. The molecule has 2 rings (SSSR count). The number of carboxylic acid groups (broad SMARTS) is 1. The molecule has 19 heavy (non-hydrogen) atoms. The Morgan fingerprint density at radius 3 is 2.74 bits per heavy atom. The first-order valence-electron chi connectivity index (χ1n) is 5.79. The number of anilines is 1. The summed E-state index contributed by atoms with van der Waals surface area (Å²) in [5, 5.41) is 12.0. The lowest BCUT2D eigenvalue weighted by atomic mass is 10.1. The minimum Gasteiger partial charge on any atom is -0.476 e. The van der Waals surface area contributed by atoms with Gasteiger partial charge in [0.05, 0.1) is 11.7 Å². The Morgan fingerprint density at radius 1 is 1.32 bits per heavy atom. The van der Waals surface area contributed by atoms with Crippen molar-refractivity contribution in [2.24, 2.45) is 0 Å². The van der Waals surface area contributed by atoms with E-state index < -0.39 is 5.97 Å². The first-order valence-corrected chi connectivity index (χ1v) is 5.79. The van der Waals surface area contributed by atoms with Crippen molar-refractivity contribution < 1.29 is 14.3 Å². The molecule has 2 aromatic rings. The summed E-state index contributed by atoms with van der Waals surface area (Å²) in [5.41, 5.74) is 0.763. The van der Waals surface area contributed by atoms with Crippen molar-refractivity contribution in [2.75, 3.05) is 5.32 Å². The molecule has 0 spiro atoms. The lowest BCUT2D eigenvalue weighted by Crippen LogP contribution is -2.13. The van der Waals surface area contributed by atoms with Crippen molar-refractivity contribution in [2.45, 2.75) is 13.0 Å². The molecule has 0 fully saturated rings. The van der Waals surface area contributed by atoms with Gasteiger partial charge in [-0.2, -0.15) is 0 Å². The fourth-order valence-corrected chi connectivity index (χ4v) is 1.83. The molecule has 0 aliphatic heterocycles. The second kappa shape index (κ2) is 5.48. The van der Waals surface area contributed by atoms with Crippen LogP contribution in [0.15, 0.2) is 42.6 Å². The van der Waals surface area contributed by atoms with Crippen LogP contribution >= 0.6 is 0 Å². The maximum atomic E-state index is 13.6. The number of aromatic carboxylic acids is 1. The summed E-state index contributed by atoms with van der Waals surface area (Å²) in [6.07, 6.45) is 1.41. The van der Waals surface area contributed by atoms with E-state index in [0.717, 1.165) is 0 Å². The van der Waals surface area contributed by atoms with Crippen LogP contribution in [0.4, 0.5) is 10.1 Å². The van der Waals surface area contributed by atoms with E-state index in [1.165, 1.54) is 12.3 Å². The number of nitrogens with zero attached hydrogens (tertiary/aromatic N) is 1. The molecule has 0 aliphatic rings. The molecular weight excluding hydrogens is 247 g/mol. The maximum absolute atomic E-state index is 13.6. The van der Waals surface area contributed by atoms with Crippen molar-refractivity contribution in [3.8, 4) is 0 Å². The smallest absolute Gasteiger partial charge is 0.356 e. The predicted octanol–water partition coefficient (Wildman–Crippen LogP) is 3.09. The highest BCUT2D eigenvalue weighted by molar-refractivity contribution is 5.91. The molecule has 4 nitrogen and oxygen atoms in total. The molecule has 98 valence electrons. The molecule has 0 amide bonds. The maximum Gasteiger partial charge on any atom is 0.356 e. The van der Waals surface area contributed by atoms with Gasteiger partial charge < -0.3 is 10.4 Å². The fourth-order valence-electron chi connectivity index (χ4n) is 1.83. The molecule has 0 aliphatic carbocycles. The van der Waals surface area contributed by atoms with Crippen molar-refractivity contribution in [1.82, 2.24) is 4.98 Å². The van der Waals surface area contributed by atoms with Crippen LogP contribution in [0.1, 0.15) is 29.0 Å². The Morgan fingerprint density at radius 2 is 2.05 bits per heavy atom. The zero-order valence-electron chi connectivity index (χ0n) is 10.3. The number of carboxylic acids is 1. The third kappa shape index (κ3) is 2.88. The van der Waals surface area contributed by atoms with Crippen LogP contribution in [-0.4, -0.2) is 16.1 Å². The molecule has 1 heterocycles. The van der Waals surface area contributed by atoms with E-state index in [0.29, 0.717) is 11.3 Å². The molecule has 1 aromatic carbocycles. The van der Waals surface area contributed by atoms with E-state index in [-0.39, 0.29) is 17.6 Å². The zero-order chi connectivity index (χ0) is 13.8. The summed E-state index contributed by atoms with van der Waals surface area (Å²) >= 11 is 0. The van der Waals surface area contributed by atoms with Gasteiger partial charge in [-0.1, -0.05) is 18.2 Å². The minimum atomic E-state index is -1.12. The highest BCUT2D eigenvalue weighted by Crippen LogP contribution is 2.23. The van der Waals surface area contributed by atoms with Gasteiger partial charge in [-0.05, 0) is 25.1 Å². The van der Waals surface area contributed by atoms with Crippen LogP contribution in [0, 0.1) is 5.82 Å². The van der Waals surface area contributed by atoms with E-state index in [9.17, 15) is 9.18 Å². The summed E-state index contributed by atoms with van der Waals surface area (Å²) in [5.74, 6) is -1.45. The third-order valence-corrected chi connectivity index (χ3v) is 2.75. The van der Waals surface area contributed by atoms with Crippen LogP contribution in [-0.2, 0) is 0 Å². The second-order valence-corrected chi connectivity index (χ2v) is 4.09. The number of carbonyl (C=O) groups is 1. The van der Waals surface area contributed by atoms with Gasteiger partial charge in [0, 0.05) is 11.8 Å². The van der Waals surface area contributed by atoms with E-state index in [1.807, 2.05) is 0 Å². The number of hydrogen-bond donors (Lipinski definition) is 2. The number of aromatic nitrogens is 1. The van der Waals surface area contributed by atoms with Gasteiger partial charge in [0.25, 0.3) is 0 Å². The first-order chi connectivity index (χ1) is 9.09. The average Bonchev–Trinajstić information content (AvgIpc) is 2.39. The molecule has 0 radical (unpaired) electrons. The quantitative estimate of drug-likeness (QED) is 0.886. The molecule has 1 aromatic heterocycles. The molecule has 0 saturated carbocycles. The standard InChI is InChI=1S/C14H13FN2O2/c1-9(10-5-2-3-6-11(10)15)17-12-7-4-8-16-13(12)14(18)19/h2-9,17H,1H3,(H,18,19). The SMILES string of the molecule is CC(Nc1cccnc1C(=O)O)c1ccccc1F. The van der Waals surface area contributed by atoms with E-state index in [4.69, 9.17) is 5.11 Å². The monoisotopic (exact) mass is 260 g/mol. The molecule has 0 bridgehead atoms. The first kappa shape index (κ1) is 13.0. The van der Waals surface area contributed by atoms with Gasteiger partial charge in [0.2, 0.25) is 0 Å². The van der Waals surface area contributed by atoms with Crippen molar-refractivity contribution in [1.29, 1.82) is 0 Å². The number of halogens is 1. The van der Waals surface area contributed by atoms with Crippen LogP contribution < -0.4 is 5.32 Å². The lowest BCUT2D eigenvalue weighted by molar-refractivity contribution is 0.0691. The van der Waals surface area contributed by atoms with Gasteiger partial charge in [-0.25, -0.2) is 14.2 Å². The van der Waals surface area contributed by atoms with Crippen LogP contribution in [0.3, 0.4) is 0 Å². The third-order valence-electron chi connectivity index (χ3n) is 2.75. The van der Waals surface area contributed by atoms with Gasteiger partial charge >= 0.3 is 5.97 Å². The van der Waals surface area contributed by atoms with Gasteiger partial charge in [-0.3, -0.25) is 0 Å². The van der Waals surface area contributed by atoms with Gasteiger partial charge in [0.15, 0.2) is 5.69 Å². The van der Waals surface area contributed by atoms with Crippen LogP contribution in [0.5, 0.6) is 0 Å². The van der Waals surface area contributed by atoms with E-state index >= 15 is 0 Å². The topological polar surface area (TPSA) is 62.2 Å². The number of benzene rings is 1. The fraction of sp³-hybridized carbons (Fsp3) is 0.143. The zero-order valence-corrected chi connectivity index (χ0v) is 10.3. The highest BCUT2D eigenvalue weighted by atomic mass is 19.1.